The molecule has 0 bridgehead atoms. The third-order valence-corrected chi connectivity index (χ3v) is 3.74. The molecule has 0 unspecified atom stereocenters. The number of nitro benzene ring substituents is 1. The molecular weight excluding hydrogens is 309 g/mol. The van der Waals surface area contributed by atoms with Crippen LogP contribution in [-0.2, 0) is 6.54 Å². The number of hydrogen-bond donors (Lipinski definition) is 2. The molecule has 0 saturated heterocycles. The summed E-state index contributed by atoms with van der Waals surface area (Å²) >= 11 is 1.52. The van der Waals surface area contributed by atoms with Crippen molar-refractivity contribution in [3.8, 4) is 10.7 Å². The zero-order chi connectivity index (χ0) is 15.5. The summed E-state index contributed by atoms with van der Waals surface area (Å²) in [5.41, 5.74) is -0.0986. The van der Waals surface area contributed by atoms with E-state index in [4.69, 9.17) is 0 Å². The molecule has 2 aromatic heterocycles. The lowest BCUT2D eigenvalue weighted by Crippen LogP contribution is -2.04. The molecule has 0 atom stereocenters. The molecule has 0 aliphatic rings. The molecule has 3 rings (SSSR count). The minimum absolute atomic E-state index is 0.213. The van der Waals surface area contributed by atoms with Gasteiger partial charge in [-0.3, -0.25) is 15.2 Å². The van der Waals surface area contributed by atoms with Gasteiger partial charge >= 0.3 is 0 Å². The van der Waals surface area contributed by atoms with Crippen LogP contribution >= 0.6 is 11.3 Å². The Morgan fingerprint density at radius 1 is 1.41 bits per heavy atom. The molecule has 3 aromatic rings. The van der Waals surface area contributed by atoms with Gasteiger partial charge in [0.25, 0.3) is 5.69 Å². The van der Waals surface area contributed by atoms with Crippen LogP contribution in [0.2, 0.25) is 0 Å². The van der Waals surface area contributed by atoms with Crippen molar-refractivity contribution in [3.63, 3.8) is 0 Å². The summed E-state index contributed by atoms with van der Waals surface area (Å²) < 4.78 is 13.1. The maximum atomic E-state index is 13.1. The Labute approximate surface area is 128 Å². The van der Waals surface area contributed by atoms with Crippen LogP contribution in [0, 0.1) is 15.9 Å². The summed E-state index contributed by atoms with van der Waals surface area (Å²) in [6.07, 6.45) is 0. The fourth-order valence-electron chi connectivity index (χ4n) is 1.87. The number of nitrogens with zero attached hydrogens (tertiary/aromatic N) is 3. The van der Waals surface area contributed by atoms with Gasteiger partial charge in [-0.05, 0) is 23.6 Å². The molecular formula is C13H10FN5O2S. The summed E-state index contributed by atoms with van der Waals surface area (Å²) in [5.74, 6) is 0.444. The van der Waals surface area contributed by atoms with E-state index in [9.17, 15) is 14.5 Å². The number of anilines is 1. The van der Waals surface area contributed by atoms with Crippen LogP contribution < -0.4 is 5.32 Å². The van der Waals surface area contributed by atoms with Gasteiger partial charge in [0, 0.05) is 0 Å². The number of benzene rings is 1. The van der Waals surface area contributed by atoms with E-state index < -0.39 is 10.7 Å². The second-order valence-electron chi connectivity index (χ2n) is 4.36. The highest BCUT2D eigenvalue weighted by Gasteiger charge is 2.15. The van der Waals surface area contributed by atoms with Crippen LogP contribution in [-0.4, -0.2) is 20.1 Å². The molecule has 0 spiro atoms. The van der Waals surface area contributed by atoms with Crippen molar-refractivity contribution in [1.82, 2.24) is 15.2 Å². The van der Waals surface area contributed by atoms with Crippen LogP contribution in [0.25, 0.3) is 10.7 Å². The van der Waals surface area contributed by atoms with E-state index in [-0.39, 0.29) is 17.9 Å². The summed E-state index contributed by atoms with van der Waals surface area (Å²) in [6.45, 7) is 0.213. The second kappa shape index (κ2) is 5.90. The smallest absolute Gasteiger partial charge is 0.295 e. The van der Waals surface area contributed by atoms with Crippen molar-refractivity contribution in [3.05, 3.63) is 57.5 Å². The molecule has 9 heteroatoms. The van der Waals surface area contributed by atoms with Crippen molar-refractivity contribution in [2.75, 3.05) is 5.32 Å². The Hall–Kier alpha value is -2.81. The Balaban J connectivity index is 1.74. The minimum Gasteiger partial charge on any atom is -0.372 e. The van der Waals surface area contributed by atoms with Crippen molar-refractivity contribution in [1.29, 1.82) is 0 Å². The average Bonchev–Trinajstić information content (AvgIpc) is 3.16. The maximum absolute atomic E-state index is 13.1. The van der Waals surface area contributed by atoms with E-state index in [1.54, 1.807) is 0 Å². The highest BCUT2D eigenvalue weighted by Crippen LogP contribution is 2.25. The number of H-pyrrole nitrogens is 1. The van der Waals surface area contributed by atoms with Gasteiger partial charge in [0.15, 0.2) is 5.82 Å². The number of hydrogen-bond acceptors (Lipinski definition) is 6. The van der Waals surface area contributed by atoms with Gasteiger partial charge in [0.1, 0.15) is 17.3 Å². The van der Waals surface area contributed by atoms with Crippen molar-refractivity contribution in [2.24, 2.45) is 0 Å². The summed E-state index contributed by atoms with van der Waals surface area (Å²) in [6, 6.07) is 7.16. The van der Waals surface area contributed by atoms with E-state index >= 15 is 0 Å². The molecule has 0 aliphatic carbocycles. The second-order valence-corrected chi connectivity index (χ2v) is 5.30. The van der Waals surface area contributed by atoms with E-state index in [0.29, 0.717) is 11.6 Å². The summed E-state index contributed by atoms with van der Waals surface area (Å²) in [4.78, 5) is 15.5. The number of halogens is 1. The third kappa shape index (κ3) is 2.93. The van der Waals surface area contributed by atoms with Crippen LogP contribution in [0.3, 0.4) is 0 Å². The Morgan fingerprint density at radius 2 is 2.27 bits per heavy atom. The minimum atomic E-state index is -0.656. The Bertz CT molecular complexity index is 803. The molecule has 22 heavy (non-hydrogen) atoms. The van der Waals surface area contributed by atoms with Gasteiger partial charge in [0.05, 0.1) is 22.4 Å². The van der Waals surface area contributed by atoms with Crippen LogP contribution in [0.4, 0.5) is 15.8 Å². The summed E-state index contributed by atoms with van der Waals surface area (Å²) in [5, 5.41) is 22.5. The van der Waals surface area contributed by atoms with E-state index in [0.717, 1.165) is 17.0 Å². The van der Waals surface area contributed by atoms with Gasteiger partial charge in [0.2, 0.25) is 0 Å². The van der Waals surface area contributed by atoms with Gasteiger partial charge < -0.3 is 5.32 Å². The fourth-order valence-corrected chi connectivity index (χ4v) is 2.53. The number of nitro groups is 1. The predicted octanol–water partition coefficient (Wildman–Crippen LogP) is 3.19. The molecule has 0 fully saturated rings. The standard InChI is InChI=1S/C13H10FN5O2S/c14-8-3-4-9(10(6-8)19(20)21)15-7-12-16-13(18-17-12)11-2-1-5-22-11/h1-6,15H,7H2,(H,16,17,18). The number of aromatic amines is 1. The quantitative estimate of drug-likeness (QED) is 0.556. The van der Waals surface area contributed by atoms with E-state index in [1.165, 1.54) is 17.4 Å². The first-order chi connectivity index (χ1) is 10.6. The van der Waals surface area contributed by atoms with Crippen LogP contribution in [0.5, 0.6) is 0 Å². The maximum Gasteiger partial charge on any atom is 0.295 e. The first-order valence-electron chi connectivity index (χ1n) is 6.26. The van der Waals surface area contributed by atoms with Crippen LogP contribution in [0.15, 0.2) is 35.7 Å². The molecule has 1 aromatic carbocycles. The monoisotopic (exact) mass is 319 g/mol. The van der Waals surface area contributed by atoms with Crippen molar-refractivity contribution >= 4 is 22.7 Å². The molecule has 2 N–H and O–H groups in total. The van der Waals surface area contributed by atoms with Crippen LogP contribution in [0.1, 0.15) is 5.82 Å². The highest BCUT2D eigenvalue weighted by atomic mass is 32.1. The lowest BCUT2D eigenvalue weighted by atomic mass is 10.2. The topological polar surface area (TPSA) is 96.7 Å². The molecule has 0 aliphatic heterocycles. The van der Waals surface area contributed by atoms with E-state index in [2.05, 4.69) is 20.5 Å². The number of nitrogens with one attached hydrogen (secondary N) is 2. The lowest BCUT2D eigenvalue weighted by Gasteiger charge is -2.04. The van der Waals surface area contributed by atoms with Gasteiger partial charge in [-0.2, -0.15) is 5.10 Å². The lowest BCUT2D eigenvalue weighted by molar-refractivity contribution is -0.384. The molecule has 0 amide bonds. The first-order valence-corrected chi connectivity index (χ1v) is 7.14. The normalized spacial score (nSPS) is 10.6. The summed E-state index contributed by atoms with van der Waals surface area (Å²) in [7, 11) is 0. The molecule has 0 saturated carbocycles. The Kier molecular flexibility index (Phi) is 3.79. The number of thiophene rings is 1. The zero-order valence-electron chi connectivity index (χ0n) is 11.1. The average molecular weight is 319 g/mol. The number of aromatic nitrogens is 3. The van der Waals surface area contributed by atoms with E-state index in [1.807, 2.05) is 17.5 Å². The van der Waals surface area contributed by atoms with Gasteiger partial charge in [-0.25, -0.2) is 9.37 Å². The molecule has 7 nitrogen and oxygen atoms in total. The SMILES string of the molecule is O=[N+]([O-])c1cc(F)ccc1NCc1nc(-c2cccs2)n[nH]1. The highest BCUT2D eigenvalue weighted by molar-refractivity contribution is 7.13. The largest absolute Gasteiger partial charge is 0.372 e. The predicted molar refractivity (Wildman–Crippen MR) is 80.1 cm³/mol. The van der Waals surface area contributed by atoms with Crippen molar-refractivity contribution in [2.45, 2.75) is 6.54 Å². The zero-order valence-corrected chi connectivity index (χ0v) is 11.9. The number of rotatable bonds is 5. The Morgan fingerprint density at radius 3 is 3.00 bits per heavy atom. The van der Waals surface area contributed by atoms with Gasteiger partial charge in [-0.1, -0.05) is 6.07 Å². The first kappa shape index (κ1) is 14.1. The fraction of sp³-hybridized carbons (Fsp3) is 0.0769. The molecule has 2 heterocycles. The molecule has 112 valence electrons. The van der Waals surface area contributed by atoms with Crippen molar-refractivity contribution < 1.29 is 9.31 Å². The third-order valence-electron chi connectivity index (χ3n) is 2.88. The van der Waals surface area contributed by atoms with Gasteiger partial charge in [-0.15, -0.1) is 11.3 Å². The molecule has 0 radical (unpaired) electrons.